The monoisotopic (exact) mass is 343 g/mol. The van der Waals surface area contributed by atoms with E-state index in [0.717, 1.165) is 16.9 Å². The van der Waals surface area contributed by atoms with Crippen LogP contribution in [0.15, 0.2) is 36.4 Å². The maximum atomic E-state index is 6.23. The van der Waals surface area contributed by atoms with Crippen molar-refractivity contribution in [2.45, 2.75) is 26.0 Å². The van der Waals surface area contributed by atoms with Gasteiger partial charge in [0.05, 0.1) is 10.0 Å². The first-order chi connectivity index (χ1) is 9.99. The van der Waals surface area contributed by atoms with Gasteiger partial charge in [-0.3, -0.25) is 0 Å². The highest BCUT2D eigenvalue weighted by molar-refractivity contribution is 6.42. The van der Waals surface area contributed by atoms with Crippen LogP contribution in [0.5, 0.6) is 5.75 Å². The zero-order valence-corrected chi connectivity index (χ0v) is 13.8. The Morgan fingerprint density at radius 1 is 1.05 bits per heavy atom. The molecule has 0 aromatic heterocycles. The van der Waals surface area contributed by atoms with Gasteiger partial charge in [0.1, 0.15) is 12.4 Å². The van der Waals surface area contributed by atoms with Gasteiger partial charge < -0.3 is 10.5 Å². The van der Waals surface area contributed by atoms with E-state index < -0.39 is 0 Å². The molecule has 2 aromatic rings. The van der Waals surface area contributed by atoms with Crippen molar-refractivity contribution in [1.82, 2.24) is 0 Å². The molecule has 0 aliphatic heterocycles. The maximum absolute atomic E-state index is 6.23. The van der Waals surface area contributed by atoms with Crippen LogP contribution in [-0.4, -0.2) is 6.04 Å². The fourth-order valence-corrected chi connectivity index (χ4v) is 2.63. The van der Waals surface area contributed by atoms with Crippen molar-refractivity contribution in [1.29, 1.82) is 0 Å². The van der Waals surface area contributed by atoms with Crippen molar-refractivity contribution < 1.29 is 4.74 Å². The van der Waals surface area contributed by atoms with E-state index in [-0.39, 0.29) is 6.04 Å². The fraction of sp³-hybridized carbons (Fsp3) is 0.250. The third kappa shape index (κ3) is 4.27. The van der Waals surface area contributed by atoms with Crippen molar-refractivity contribution >= 4 is 34.8 Å². The molecule has 0 fully saturated rings. The first-order valence-corrected chi connectivity index (χ1v) is 7.71. The van der Waals surface area contributed by atoms with E-state index in [1.165, 1.54) is 0 Å². The van der Waals surface area contributed by atoms with E-state index in [1.807, 2.05) is 37.3 Å². The lowest BCUT2D eigenvalue weighted by Gasteiger charge is -2.15. The molecule has 21 heavy (non-hydrogen) atoms. The SMILES string of the molecule is CC(N)Cc1c(Cl)cccc1OCc1cccc(Cl)c1Cl. The third-order valence-corrected chi connectivity index (χ3v) is 4.23. The minimum atomic E-state index is 0.00186. The summed E-state index contributed by atoms with van der Waals surface area (Å²) in [5.74, 6) is 0.718. The molecule has 0 spiro atoms. The van der Waals surface area contributed by atoms with Crippen LogP contribution in [0.2, 0.25) is 15.1 Å². The lowest BCUT2D eigenvalue weighted by atomic mass is 10.1. The number of rotatable bonds is 5. The Morgan fingerprint density at radius 2 is 1.71 bits per heavy atom. The lowest BCUT2D eigenvalue weighted by Crippen LogP contribution is -2.18. The molecule has 0 aliphatic carbocycles. The van der Waals surface area contributed by atoms with E-state index >= 15 is 0 Å². The molecule has 0 amide bonds. The number of nitrogens with two attached hydrogens (primary N) is 1. The van der Waals surface area contributed by atoms with E-state index in [4.69, 9.17) is 45.3 Å². The van der Waals surface area contributed by atoms with E-state index in [2.05, 4.69) is 0 Å². The Balaban J connectivity index is 2.20. The highest BCUT2D eigenvalue weighted by Gasteiger charge is 2.12. The Hall–Kier alpha value is -0.930. The Labute approximate surface area is 139 Å². The van der Waals surface area contributed by atoms with Gasteiger partial charge in [-0.1, -0.05) is 53.0 Å². The zero-order valence-electron chi connectivity index (χ0n) is 11.6. The van der Waals surface area contributed by atoms with E-state index in [9.17, 15) is 0 Å². The summed E-state index contributed by atoms with van der Waals surface area (Å²) in [6, 6.07) is 11.0. The van der Waals surface area contributed by atoms with Crippen LogP contribution < -0.4 is 10.5 Å². The molecule has 2 N–H and O–H groups in total. The standard InChI is InChI=1S/C16H16Cl3NO/c1-10(20)8-12-13(17)5-3-7-15(12)21-9-11-4-2-6-14(18)16(11)19/h2-7,10H,8-9,20H2,1H3. The smallest absolute Gasteiger partial charge is 0.124 e. The molecule has 2 rings (SSSR count). The van der Waals surface area contributed by atoms with Crippen LogP contribution in [0.4, 0.5) is 0 Å². The molecule has 1 atom stereocenters. The molecule has 112 valence electrons. The van der Waals surface area contributed by atoms with Gasteiger partial charge >= 0.3 is 0 Å². The molecule has 0 radical (unpaired) electrons. The molecule has 0 saturated carbocycles. The summed E-state index contributed by atoms with van der Waals surface area (Å²) >= 11 is 18.4. The second-order valence-electron chi connectivity index (χ2n) is 4.90. The maximum Gasteiger partial charge on any atom is 0.124 e. The Kier molecular flexibility index (Phi) is 5.77. The molecule has 0 saturated heterocycles. The first-order valence-electron chi connectivity index (χ1n) is 6.57. The van der Waals surface area contributed by atoms with Crippen LogP contribution in [-0.2, 0) is 13.0 Å². The van der Waals surface area contributed by atoms with Gasteiger partial charge in [0, 0.05) is 22.2 Å². The van der Waals surface area contributed by atoms with Crippen LogP contribution in [0.1, 0.15) is 18.1 Å². The van der Waals surface area contributed by atoms with Gasteiger partial charge in [0.15, 0.2) is 0 Å². The molecule has 0 aliphatic rings. The summed E-state index contributed by atoms with van der Waals surface area (Å²) in [6.07, 6.45) is 0.651. The topological polar surface area (TPSA) is 35.2 Å². The van der Waals surface area contributed by atoms with Crippen LogP contribution >= 0.6 is 34.8 Å². The van der Waals surface area contributed by atoms with Gasteiger partial charge in [-0.25, -0.2) is 0 Å². The second-order valence-corrected chi connectivity index (χ2v) is 6.09. The van der Waals surface area contributed by atoms with Crippen molar-refractivity contribution in [3.63, 3.8) is 0 Å². The van der Waals surface area contributed by atoms with Crippen LogP contribution in [0, 0.1) is 0 Å². The zero-order chi connectivity index (χ0) is 15.4. The largest absolute Gasteiger partial charge is 0.489 e. The first kappa shape index (κ1) is 16.4. The summed E-state index contributed by atoms with van der Waals surface area (Å²) in [6.45, 7) is 2.26. The number of benzene rings is 2. The molecule has 5 heteroatoms. The molecular formula is C16H16Cl3NO. The van der Waals surface area contributed by atoms with Crippen molar-refractivity contribution in [3.05, 3.63) is 62.6 Å². The summed E-state index contributed by atoms with van der Waals surface area (Å²) in [5.41, 5.74) is 7.60. The number of ether oxygens (including phenoxy) is 1. The number of hydrogen-bond acceptors (Lipinski definition) is 2. The van der Waals surface area contributed by atoms with Gasteiger partial charge in [-0.05, 0) is 31.5 Å². The minimum Gasteiger partial charge on any atom is -0.489 e. The van der Waals surface area contributed by atoms with Crippen LogP contribution in [0.3, 0.4) is 0 Å². The second kappa shape index (κ2) is 7.37. The van der Waals surface area contributed by atoms with Gasteiger partial charge in [-0.15, -0.1) is 0 Å². The Bertz CT molecular complexity index is 629. The predicted octanol–water partition coefficient (Wildman–Crippen LogP) is 5.12. The normalized spacial score (nSPS) is 12.2. The quantitative estimate of drug-likeness (QED) is 0.817. The number of hydrogen-bond donors (Lipinski definition) is 1. The van der Waals surface area contributed by atoms with Gasteiger partial charge in [-0.2, -0.15) is 0 Å². The summed E-state index contributed by atoms with van der Waals surface area (Å²) in [5, 5.41) is 1.68. The summed E-state index contributed by atoms with van der Waals surface area (Å²) in [7, 11) is 0. The van der Waals surface area contributed by atoms with E-state index in [1.54, 1.807) is 6.07 Å². The molecule has 0 bridgehead atoms. The third-order valence-electron chi connectivity index (χ3n) is 3.02. The van der Waals surface area contributed by atoms with E-state index in [0.29, 0.717) is 28.1 Å². The molecular weight excluding hydrogens is 329 g/mol. The molecule has 0 heterocycles. The van der Waals surface area contributed by atoms with Gasteiger partial charge in [0.25, 0.3) is 0 Å². The summed E-state index contributed by atoms with van der Waals surface area (Å²) in [4.78, 5) is 0. The number of halogens is 3. The minimum absolute atomic E-state index is 0.00186. The van der Waals surface area contributed by atoms with Crippen molar-refractivity contribution in [3.8, 4) is 5.75 Å². The molecule has 2 nitrogen and oxygen atoms in total. The lowest BCUT2D eigenvalue weighted by molar-refractivity contribution is 0.302. The van der Waals surface area contributed by atoms with Crippen LogP contribution in [0.25, 0.3) is 0 Å². The highest BCUT2D eigenvalue weighted by atomic mass is 35.5. The average Bonchev–Trinajstić information content (AvgIpc) is 2.43. The highest BCUT2D eigenvalue weighted by Crippen LogP contribution is 2.30. The fourth-order valence-electron chi connectivity index (χ4n) is 2.01. The van der Waals surface area contributed by atoms with Crippen molar-refractivity contribution in [2.75, 3.05) is 0 Å². The molecule has 2 aromatic carbocycles. The van der Waals surface area contributed by atoms with Gasteiger partial charge in [0.2, 0.25) is 0 Å². The Morgan fingerprint density at radius 3 is 2.43 bits per heavy atom. The predicted molar refractivity (Wildman–Crippen MR) is 89.6 cm³/mol. The summed E-state index contributed by atoms with van der Waals surface area (Å²) < 4.78 is 5.86. The average molecular weight is 345 g/mol. The molecule has 1 unspecified atom stereocenters. The van der Waals surface area contributed by atoms with Crippen molar-refractivity contribution in [2.24, 2.45) is 5.73 Å².